The summed E-state index contributed by atoms with van der Waals surface area (Å²) in [6, 6.07) is 0. The minimum absolute atomic E-state index is 0.924. The van der Waals surface area contributed by atoms with Crippen LogP contribution in [0.15, 0.2) is 0 Å². The van der Waals surface area contributed by atoms with Gasteiger partial charge in [0, 0.05) is 0 Å². The third-order valence-corrected chi connectivity index (χ3v) is 4.87. The Balaban J connectivity index is 0.000000180. The van der Waals surface area contributed by atoms with Gasteiger partial charge in [-0.15, -0.1) is 0 Å². The van der Waals surface area contributed by atoms with E-state index >= 15 is 0 Å². The Morgan fingerprint density at radius 2 is 1.22 bits per heavy atom. The van der Waals surface area contributed by atoms with Gasteiger partial charge >= 0.3 is 0 Å². The van der Waals surface area contributed by atoms with Gasteiger partial charge in [0.05, 0.1) is 0 Å². The van der Waals surface area contributed by atoms with E-state index in [1.165, 1.54) is 64.2 Å². The topological polar surface area (TPSA) is 0 Å². The molecule has 18 heavy (non-hydrogen) atoms. The van der Waals surface area contributed by atoms with Crippen LogP contribution in [0.25, 0.3) is 0 Å². The van der Waals surface area contributed by atoms with Crippen molar-refractivity contribution in [1.82, 2.24) is 0 Å². The van der Waals surface area contributed by atoms with Crippen LogP contribution < -0.4 is 0 Å². The maximum Gasteiger partial charge on any atom is -0.0391 e. The van der Waals surface area contributed by atoms with Crippen molar-refractivity contribution in [2.24, 2.45) is 23.7 Å². The third-order valence-electron chi connectivity index (χ3n) is 4.87. The second-order valence-corrected chi connectivity index (χ2v) is 7.42. The lowest BCUT2D eigenvalue weighted by Gasteiger charge is -2.24. The zero-order valence-electron chi connectivity index (χ0n) is 13.4. The predicted octanol–water partition coefficient (Wildman–Crippen LogP) is 6.45. The Hall–Kier alpha value is 0. The van der Waals surface area contributed by atoms with Crippen LogP contribution in [0, 0.1) is 23.7 Å². The SMILES string of the molecule is CC(C)C1CCCCC1.CC(C)CC1CCCC1. The predicted molar refractivity (Wildman–Crippen MR) is 82.8 cm³/mol. The van der Waals surface area contributed by atoms with Crippen molar-refractivity contribution in [3.8, 4) is 0 Å². The molecule has 2 fully saturated rings. The van der Waals surface area contributed by atoms with Gasteiger partial charge in [0.15, 0.2) is 0 Å². The van der Waals surface area contributed by atoms with E-state index in [0.717, 1.165) is 23.7 Å². The molecular formula is C18H36. The maximum absolute atomic E-state index is 2.36. The molecule has 0 heteroatoms. The van der Waals surface area contributed by atoms with Crippen LogP contribution in [0.1, 0.15) is 91.9 Å². The van der Waals surface area contributed by atoms with Gasteiger partial charge in [-0.1, -0.05) is 85.5 Å². The highest BCUT2D eigenvalue weighted by atomic mass is 14.2. The fourth-order valence-corrected chi connectivity index (χ4v) is 3.71. The molecule has 0 heterocycles. The largest absolute Gasteiger partial charge is 0.0628 e. The van der Waals surface area contributed by atoms with Crippen LogP contribution in [0.4, 0.5) is 0 Å². The number of hydrogen-bond donors (Lipinski definition) is 0. The summed E-state index contributed by atoms with van der Waals surface area (Å²) in [7, 11) is 0. The van der Waals surface area contributed by atoms with Gasteiger partial charge in [0.1, 0.15) is 0 Å². The molecule has 0 aromatic rings. The summed E-state index contributed by atoms with van der Waals surface area (Å²) in [4.78, 5) is 0. The lowest BCUT2D eigenvalue weighted by Crippen LogP contribution is -2.12. The van der Waals surface area contributed by atoms with E-state index in [-0.39, 0.29) is 0 Å². The van der Waals surface area contributed by atoms with Gasteiger partial charge in [-0.2, -0.15) is 0 Å². The molecule has 0 N–H and O–H groups in total. The molecule has 0 saturated heterocycles. The monoisotopic (exact) mass is 252 g/mol. The Morgan fingerprint density at radius 1 is 0.722 bits per heavy atom. The van der Waals surface area contributed by atoms with Crippen molar-refractivity contribution in [1.29, 1.82) is 0 Å². The number of hydrogen-bond acceptors (Lipinski definition) is 0. The fraction of sp³-hybridized carbons (Fsp3) is 1.00. The summed E-state index contributed by atoms with van der Waals surface area (Å²) in [5, 5.41) is 0. The van der Waals surface area contributed by atoms with Crippen LogP contribution in [-0.2, 0) is 0 Å². The van der Waals surface area contributed by atoms with E-state index in [9.17, 15) is 0 Å². The summed E-state index contributed by atoms with van der Waals surface area (Å²) >= 11 is 0. The summed E-state index contributed by atoms with van der Waals surface area (Å²) in [6.07, 6.45) is 15.0. The normalized spacial score (nSPS) is 22.3. The standard InChI is InChI=1S/2C9H18/c1-8(2)7-9-5-3-4-6-9;1-8(2)9-6-4-3-5-7-9/h2*8-9H,3-7H2,1-2H3. The summed E-state index contributed by atoms with van der Waals surface area (Å²) in [5.41, 5.74) is 0. The highest BCUT2D eigenvalue weighted by Gasteiger charge is 2.16. The van der Waals surface area contributed by atoms with E-state index in [1.807, 2.05) is 0 Å². The first kappa shape index (κ1) is 16.1. The van der Waals surface area contributed by atoms with Crippen LogP contribution in [0.5, 0.6) is 0 Å². The van der Waals surface area contributed by atoms with Crippen LogP contribution in [0.3, 0.4) is 0 Å². The average Bonchev–Trinajstić information content (AvgIpc) is 2.83. The first-order chi connectivity index (χ1) is 8.59. The van der Waals surface area contributed by atoms with Crippen LogP contribution >= 0.6 is 0 Å². The zero-order valence-corrected chi connectivity index (χ0v) is 13.4. The highest BCUT2D eigenvalue weighted by Crippen LogP contribution is 2.30. The van der Waals surface area contributed by atoms with Gasteiger partial charge in [-0.05, 0) is 30.1 Å². The van der Waals surface area contributed by atoms with Crippen LogP contribution in [-0.4, -0.2) is 0 Å². The average molecular weight is 252 g/mol. The van der Waals surface area contributed by atoms with Gasteiger partial charge in [0.2, 0.25) is 0 Å². The van der Waals surface area contributed by atoms with Gasteiger partial charge in [-0.3, -0.25) is 0 Å². The summed E-state index contributed by atoms with van der Waals surface area (Å²) < 4.78 is 0. The van der Waals surface area contributed by atoms with Crippen molar-refractivity contribution in [3.63, 3.8) is 0 Å². The van der Waals surface area contributed by atoms with Gasteiger partial charge in [0.25, 0.3) is 0 Å². The molecular weight excluding hydrogens is 216 g/mol. The maximum atomic E-state index is 2.36. The third kappa shape index (κ3) is 6.81. The molecule has 0 amide bonds. The molecule has 0 bridgehead atoms. The molecule has 0 atom stereocenters. The van der Waals surface area contributed by atoms with Crippen molar-refractivity contribution >= 4 is 0 Å². The van der Waals surface area contributed by atoms with Crippen molar-refractivity contribution in [2.75, 3.05) is 0 Å². The van der Waals surface area contributed by atoms with Gasteiger partial charge in [-0.25, -0.2) is 0 Å². The highest BCUT2D eigenvalue weighted by molar-refractivity contribution is 4.68. The Kier molecular flexibility index (Phi) is 8.02. The first-order valence-corrected chi connectivity index (χ1v) is 8.59. The van der Waals surface area contributed by atoms with E-state index in [1.54, 1.807) is 0 Å². The molecule has 2 aliphatic carbocycles. The molecule has 0 aromatic heterocycles. The fourth-order valence-electron chi connectivity index (χ4n) is 3.71. The summed E-state index contributed by atoms with van der Waals surface area (Å²) in [5.74, 6) is 4.00. The first-order valence-electron chi connectivity index (χ1n) is 8.59. The number of rotatable bonds is 3. The van der Waals surface area contributed by atoms with Crippen molar-refractivity contribution in [2.45, 2.75) is 91.9 Å². The molecule has 0 aliphatic heterocycles. The summed E-state index contributed by atoms with van der Waals surface area (Å²) in [6.45, 7) is 9.38. The van der Waals surface area contributed by atoms with E-state index < -0.39 is 0 Å². The minimum atomic E-state index is 0.924. The Bertz CT molecular complexity index is 180. The molecule has 0 aromatic carbocycles. The molecule has 2 rings (SSSR count). The molecule has 2 saturated carbocycles. The lowest BCUT2D eigenvalue weighted by molar-refractivity contribution is 0.279. The molecule has 0 nitrogen and oxygen atoms in total. The Morgan fingerprint density at radius 3 is 1.61 bits per heavy atom. The minimum Gasteiger partial charge on any atom is -0.0628 e. The van der Waals surface area contributed by atoms with E-state index in [2.05, 4.69) is 27.7 Å². The van der Waals surface area contributed by atoms with E-state index in [4.69, 9.17) is 0 Å². The molecule has 0 radical (unpaired) electrons. The zero-order chi connectivity index (χ0) is 13.4. The lowest BCUT2D eigenvalue weighted by atomic mass is 9.82. The second kappa shape index (κ2) is 8.99. The molecule has 0 unspecified atom stereocenters. The van der Waals surface area contributed by atoms with Gasteiger partial charge < -0.3 is 0 Å². The molecule has 108 valence electrons. The molecule has 2 aliphatic rings. The van der Waals surface area contributed by atoms with Crippen molar-refractivity contribution in [3.05, 3.63) is 0 Å². The second-order valence-electron chi connectivity index (χ2n) is 7.42. The van der Waals surface area contributed by atoms with Crippen LogP contribution in [0.2, 0.25) is 0 Å². The van der Waals surface area contributed by atoms with E-state index in [0.29, 0.717) is 0 Å². The molecule has 0 spiro atoms. The Labute approximate surface area is 116 Å². The van der Waals surface area contributed by atoms with Crippen molar-refractivity contribution < 1.29 is 0 Å². The smallest absolute Gasteiger partial charge is 0.0391 e. The quantitative estimate of drug-likeness (QED) is 0.542.